The predicted octanol–water partition coefficient (Wildman–Crippen LogP) is 3.07. The minimum Gasteiger partial charge on any atom is -0.463 e. The molecule has 2 heterocycles. The van der Waals surface area contributed by atoms with Crippen molar-refractivity contribution >= 4 is 23.8 Å². The smallest absolute Gasteiger partial charge is 0.338 e. The summed E-state index contributed by atoms with van der Waals surface area (Å²) in [5.74, 6) is -0.379. The molecule has 2 N–H and O–H groups in total. The molecule has 1 unspecified atom stereocenters. The summed E-state index contributed by atoms with van der Waals surface area (Å²) in [5, 5.41) is 5.75. The fraction of sp³-hybridized carbons (Fsp3) is 0.500. The normalized spacial score (nSPS) is 20.8. The second-order valence-electron chi connectivity index (χ2n) is 6.75. The minimum atomic E-state index is -0.506. The number of benzene rings is 1. The second-order valence-corrected chi connectivity index (χ2v) is 7.63. The first-order valence-electron chi connectivity index (χ1n) is 9.46. The van der Waals surface area contributed by atoms with Gasteiger partial charge in [0.25, 0.3) is 0 Å². The highest BCUT2D eigenvalue weighted by atomic mass is 32.2. The lowest BCUT2D eigenvalue weighted by Crippen LogP contribution is -2.49. The van der Waals surface area contributed by atoms with Crippen LogP contribution in [0.5, 0.6) is 0 Å². The summed E-state index contributed by atoms with van der Waals surface area (Å²) < 4.78 is 5.32. The number of amides is 2. The van der Waals surface area contributed by atoms with Gasteiger partial charge in [-0.1, -0.05) is 18.6 Å². The fourth-order valence-electron chi connectivity index (χ4n) is 3.58. The van der Waals surface area contributed by atoms with Gasteiger partial charge in [-0.05, 0) is 56.8 Å². The molecule has 7 heteroatoms. The van der Waals surface area contributed by atoms with Gasteiger partial charge >= 0.3 is 12.0 Å². The van der Waals surface area contributed by atoms with E-state index in [0.29, 0.717) is 24.4 Å². The number of piperidine rings is 1. The van der Waals surface area contributed by atoms with Crippen LogP contribution in [0.3, 0.4) is 0 Å². The second kappa shape index (κ2) is 9.28. The molecule has 3 rings (SSSR count). The number of urea groups is 1. The van der Waals surface area contributed by atoms with Crippen LogP contribution in [0.15, 0.2) is 40.4 Å². The van der Waals surface area contributed by atoms with Crippen molar-refractivity contribution < 1.29 is 14.3 Å². The van der Waals surface area contributed by atoms with E-state index >= 15 is 0 Å². The van der Waals surface area contributed by atoms with E-state index < -0.39 is 6.04 Å². The zero-order chi connectivity index (χ0) is 19.2. The van der Waals surface area contributed by atoms with Gasteiger partial charge < -0.3 is 15.4 Å². The molecule has 2 aliphatic heterocycles. The number of hydrogen-bond donors (Lipinski definition) is 2. The Labute approximate surface area is 164 Å². The Hall–Kier alpha value is -1.99. The summed E-state index contributed by atoms with van der Waals surface area (Å²) in [5.41, 5.74) is 2.03. The first-order chi connectivity index (χ1) is 13.1. The Balaban J connectivity index is 1.95. The van der Waals surface area contributed by atoms with Crippen molar-refractivity contribution in [1.82, 2.24) is 15.5 Å². The van der Waals surface area contributed by atoms with Crippen LogP contribution in [-0.2, 0) is 9.53 Å². The lowest BCUT2D eigenvalue weighted by molar-refractivity contribution is -0.139. The number of rotatable bonds is 6. The van der Waals surface area contributed by atoms with E-state index in [9.17, 15) is 9.59 Å². The van der Waals surface area contributed by atoms with Crippen molar-refractivity contribution in [2.75, 3.05) is 32.5 Å². The Morgan fingerprint density at radius 2 is 1.93 bits per heavy atom. The number of nitrogens with one attached hydrogen (secondary N) is 2. The molecule has 0 saturated carbocycles. The van der Waals surface area contributed by atoms with Gasteiger partial charge in [-0.15, -0.1) is 11.8 Å². The van der Waals surface area contributed by atoms with Crippen LogP contribution in [0.1, 0.15) is 37.8 Å². The highest BCUT2D eigenvalue weighted by Crippen LogP contribution is 2.29. The van der Waals surface area contributed by atoms with Crippen LogP contribution < -0.4 is 10.6 Å². The standard InChI is InChI=1S/C20H27N3O3S/c1-3-26-19(24)17-16(13-23-11-5-4-6-12-23)21-20(25)22-18(17)14-7-9-15(27-2)10-8-14/h7-10,18H,3-6,11-13H2,1-2H3,(H2,21,22,25). The largest absolute Gasteiger partial charge is 0.463 e. The summed E-state index contributed by atoms with van der Waals surface area (Å²) in [6.07, 6.45) is 5.54. The topological polar surface area (TPSA) is 70.7 Å². The van der Waals surface area contributed by atoms with E-state index in [4.69, 9.17) is 4.74 Å². The molecule has 1 saturated heterocycles. The van der Waals surface area contributed by atoms with Gasteiger partial charge in [0.2, 0.25) is 0 Å². The van der Waals surface area contributed by atoms with E-state index in [1.165, 1.54) is 6.42 Å². The van der Waals surface area contributed by atoms with E-state index in [0.717, 1.165) is 36.4 Å². The van der Waals surface area contributed by atoms with Crippen molar-refractivity contribution in [2.45, 2.75) is 37.1 Å². The molecule has 0 aliphatic carbocycles. The average molecular weight is 390 g/mol. The lowest BCUT2D eigenvalue weighted by Gasteiger charge is -2.33. The molecule has 0 aromatic heterocycles. The van der Waals surface area contributed by atoms with Crippen LogP contribution in [-0.4, -0.2) is 49.4 Å². The third-order valence-corrected chi connectivity index (χ3v) is 5.67. The molecule has 0 spiro atoms. The van der Waals surface area contributed by atoms with Gasteiger partial charge in [0, 0.05) is 17.1 Å². The molecule has 0 radical (unpaired) electrons. The molecule has 2 aliphatic rings. The van der Waals surface area contributed by atoms with Crippen LogP contribution in [0.2, 0.25) is 0 Å². The molecule has 0 bridgehead atoms. The zero-order valence-electron chi connectivity index (χ0n) is 15.9. The van der Waals surface area contributed by atoms with Gasteiger partial charge in [-0.3, -0.25) is 4.90 Å². The van der Waals surface area contributed by atoms with E-state index in [1.807, 2.05) is 30.5 Å². The molecule has 27 heavy (non-hydrogen) atoms. The number of hydrogen-bond acceptors (Lipinski definition) is 5. The lowest BCUT2D eigenvalue weighted by atomic mass is 9.94. The van der Waals surface area contributed by atoms with Gasteiger partial charge in [-0.25, -0.2) is 9.59 Å². The number of nitrogens with zero attached hydrogens (tertiary/aromatic N) is 1. The number of carbonyl (C=O) groups is 2. The summed E-state index contributed by atoms with van der Waals surface area (Å²) in [4.78, 5) is 28.5. The molecule has 1 aromatic carbocycles. The summed E-state index contributed by atoms with van der Waals surface area (Å²) in [6.45, 7) is 4.61. The summed E-state index contributed by atoms with van der Waals surface area (Å²) >= 11 is 1.65. The predicted molar refractivity (Wildman–Crippen MR) is 107 cm³/mol. The maximum atomic E-state index is 12.8. The van der Waals surface area contributed by atoms with Gasteiger partial charge in [0.15, 0.2) is 0 Å². The first kappa shape index (κ1) is 19.8. The maximum absolute atomic E-state index is 12.8. The van der Waals surface area contributed by atoms with Gasteiger partial charge in [-0.2, -0.15) is 0 Å². The van der Waals surface area contributed by atoms with E-state index in [1.54, 1.807) is 18.7 Å². The molecule has 146 valence electrons. The number of ether oxygens (including phenoxy) is 1. The monoisotopic (exact) mass is 389 g/mol. The molecule has 1 aromatic rings. The SMILES string of the molecule is CCOC(=O)C1=C(CN2CCCCC2)NC(=O)NC1c1ccc(SC)cc1. The Morgan fingerprint density at radius 1 is 1.22 bits per heavy atom. The van der Waals surface area contributed by atoms with Gasteiger partial charge in [0.1, 0.15) is 0 Å². The Bertz CT molecular complexity index is 712. The highest BCUT2D eigenvalue weighted by Gasteiger charge is 2.34. The molecule has 1 fully saturated rings. The number of thioether (sulfide) groups is 1. The van der Waals surface area contributed by atoms with Crippen molar-refractivity contribution in [1.29, 1.82) is 0 Å². The molecule has 2 amide bonds. The summed E-state index contributed by atoms with van der Waals surface area (Å²) in [7, 11) is 0. The van der Waals surface area contributed by atoms with Crippen molar-refractivity contribution in [2.24, 2.45) is 0 Å². The third-order valence-electron chi connectivity index (χ3n) is 4.93. The molecular formula is C20H27N3O3S. The number of likely N-dealkylation sites (tertiary alicyclic amines) is 1. The zero-order valence-corrected chi connectivity index (χ0v) is 16.7. The quantitative estimate of drug-likeness (QED) is 0.578. The average Bonchev–Trinajstić information content (AvgIpc) is 2.68. The van der Waals surface area contributed by atoms with Crippen LogP contribution >= 0.6 is 11.8 Å². The summed E-state index contributed by atoms with van der Waals surface area (Å²) in [6, 6.07) is 7.13. The van der Waals surface area contributed by atoms with Gasteiger partial charge in [0.05, 0.1) is 18.2 Å². The van der Waals surface area contributed by atoms with Crippen molar-refractivity contribution in [3.05, 3.63) is 41.1 Å². The molecular weight excluding hydrogens is 362 g/mol. The highest BCUT2D eigenvalue weighted by molar-refractivity contribution is 7.98. The first-order valence-corrected chi connectivity index (χ1v) is 10.7. The Morgan fingerprint density at radius 3 is 2.56 bits per heavy atom. The fourth-order valence-corrected chi connectivity index (χ4v) is 3.99. The van der Waals surface area contributed by atoms with E-state index in [-0.39, 0.29) is 12.0 Å². The Kier molecular flexibility index (Phi) is 6.79. The third kappa shape index (κ3) is 4.84. The van der Waals surface area contributed by atoms with Crippen molar-refractivity contribution in [3.8, 4) is 0 Å². The number of carbonyl (C=O) groups excluding carboxylic acids is 2. The maximum Gasteiger partial charge on any atom is 0.338 e. The van der Waals surface area contributed by atoms with Crippen molar-refractivity contribution in [3.63, 3.8) is 0 Å². The van der Waals surface area contributed by atoms with Crippen LogP contribution in [0.25, 0.3) is 0 Å². The number of esters is 1. The molecule has 6 nitrogen and oxygen atoms in total. The minimum absolute atomic E-state index is 0.283. The van der Waals surface area contributed by atoms with Crippen LogP contribution in [0, 0.1) is 0 Å². The van der Waals surface area contributed by atoms with Crippen LogP contribution in [0.4, 0.5) is 4.79 Å². The molecule has 1 atom stereocenters. The van der Waals surface area contributed by atoms with E-state index in [2.05, 4.69) is 15.5 Å².